The minimum absolute atomic E-state index is 0.266. The van der Waals surface area contributed by atoms with Crippen LogP contribution in [0, 0.1) is 10.1 Å². The van der Waals surface area contributed by atoms with Crippen molar-refractivity contribution in [3.05, 3.63) is 28.3 Å². The molecule has 0 unspecified atom stereocenters. The molecule has 0 atom stereocenters. The Bertz CT molecular complexity index is 304. The van der Waals surface area contributed by atoms with E-state index in [9.17, 15) is 10.1 Å². The second-order valence-electron chi connectivity index (χ2n) is 2.03. The molecule has 1 aliphatic heterocycles. The number of benzene rings is 1. The molecule has 2 bridgehead atoms. The van der Waals surface area contributed by atoms with Gasteiger partial charge in [-0.15, -0.1) is 0 Å². The molecule has 11 heavy (non-hydrogen) atoms. The third-order valence-corrected chi connectivity index (χ3v) is 3.79. The van der Waals surface area contributed by atoms with Gasteiger partial charge >= 0.3 is 0 Å². The van der Waals surface area contributed by atoms with E-state index in [4.69, 9.17) is 0 Å². The van der Waals surface area contributed by atoms with Crippen molar-refractivity contribution in [3.63, 3.8) is 0 Å². The normalized spacial score (nSPS) is 13.5. The summed E-state index contributed by atoms with van der Waals surface area (Å²) in [6, 6.07) is 5.38. The molecular weight excluding hydrogens is 182 g/mol. The zero-order valence-electron chi connectivity index (χ0n) is 5.31. The van der Waals surface area contributed by atoms with Crippen LogP contribution in [0.4, 0.5) is 5.69 Å². The molecule has 0 saturated carbocycles. The monoisotopic (exact) mass is 185 g/mol. The van der Waals surface area contributed by atoms with E-state index in [0.29, 0.717) is 0 Å². The lowest BCUT2D eigenvalue weighted by Crippen LogP contribution is -1.88. The molecule has 0 aromatic heterocycles. The highest BCUT2D eigenvalue weighted by Gasteiger charge is 2.26. The van der Waals surface area contributed by atoms with Gasteiger partial charge in [-0.2, -0.15) is 0 Å². The minimum atomic E-state index is -0.322. The van der Waals surface area contributed by atoms with E-state index < -0.39 is 0 Å². The first kappa shape index (κ1) is 7.00. The maximum Gasteiger partial charge on any atom is 0.298 e. The molecule has 1 aromatic rings. The van der Waals surface area contributed by atoms with Gasteiger partial charge in [-0.25, -0.2) is 0 Å². The zero-order valence-corrected chi connectivity index (χ0v) is 6.95. The molecule has 0 amide bonds. The Morgan fingerprint density at radius 2 is 1.82 bits per heavy atom. The third-order valence-electron chi connectivity index (χ3n) is 1.37. The van der Waals surface area contributed by atoms with Gasteiger partial charge in [-0.1, -0.05) is 6.07 Å². The van der Waals surface area contributed by atoms with Crippen LogP contribution in [-0.4, -0.2) is 4.92 Å². The van der Waals surface area contributed by atoms with Crippen molar-refractivity contribution in [1.29, 1.82) is 0 Å². The van der Waals surface area contributed by atoms with Gasteiger partial charge in [0.1, 0.15) is 0 Å². The maximum atomic E-state index is 10.5. The number of nitro groups is 1. The Morgan fingerprint density at radius 3 is 2.18 bits per heavy atom. The molecule has 1 aromatic carbocycles. The number of nitro benzene ring substituents is 1. The fourth-order valence-electron chi connectivity index (χ4n) is 0.906. The molecule has 0 saturated heterocycles. The van der Waals surface area contributed by atoms with Crippen molar-refractivity contribution < 1.29 is 4.92 Å². The van der Waals surface area contributed by atoms with Crippen LogP contribution in [0.3, 0.4) is 0 Å². The average molecular weight is 185 g/mol. The lowest BCUT2D eigenvalue weighted by atomic mass is 10.3. The molecule has 5 heteroatoms. The Balaban J connectivity index is 2.65. The summed E-state index contributed by atoms with van der Waals surface area (Å²) >= 11 is 0. The second-order valence-corrected chi connectivity index (χ2v) is 4.24. The fraction of sp³-hybridized carbons (Fsp3) is 0. The van der Waals surface area contributed by atoms with Crippen LogP contribution in [-0.2, 0) is 0 Å². The van der Waals surface area contributed by atoms with Crippen molar-refractivity contribution >= 4 is 27.3 Å². The van der Waals surface area contributed by atoms with E-state index in [1.165, 1.54) is 21.6 Å². The Labute approximate surface area is 70.7 Å². The number of fused-ring (bicyclic) bond motifs is 2. The standard InChI is InChI=1S/C6H3NO2S2/c8-7(9)6-4-2-1-3-5(6)11-10-4/h1-3H. The van der Waals surface area contributed by atoms with E-state index in [0.717, 1.165) is 9.79 Å². The zero-order chi connectivity index (χ0) is 7.84. The van der Waals surface area contributed by atoms with Crippen molar-refractivity contribution in [2.24, 2.45) is 0 Å². The van der Waals surface area contributed by atoms with Crippen LogP contribution < -0.4 is 0 Å². The van der Waals surface area contributed by atoms with Gasteiger partial charge in [-0.05, 0) is 33.7 Å². The summed E-state index contributed by atoms with van der Waals surface area (Å²) in [5.74, 6) is 0. The SMILES string of the molecule is O=[N+]([O-])c1c2cccc1SS2. The molecule has 2 rings (SSSR count). The van der Waals surface area contributed by atoms with E-state index in [-0.39, 0.29) is 10.6 Å². The quantitative estimate of drug-likeness (QED) is 0.383. The van der Waals surface area contributed by atoms with Gasteiger partial charge < -0.3 is 0 Å². The second kappa shape index (κ2) is 2.42. The molecule has 0 aliphatic carbocycles. The summed E-state index contributed by atoms with van der Waals surface area (Å²) < 4.78 is 0. The minimum Gasteiger partial charge on any atom is -0.258 e. The molecule has 56 valence electrons. The molecule has 0 radical (unpaired) electrons. The number of hydrogen-bond donors (Lipinski definition) is 0. The summed E-state index contributed by atoms with van der Waals surface area (Å²) in [5, 5.41) is 10.5. The summed E-state index contributed by atoms with van der Waals surface area (Å²) in [6.07, 6.45) is 0. The predicted molar refractivity (Wildman–Crippen MR) is 44.8 cm³/mol. The van der Waals surface area contributed by atoms with Crippen LogP contribution in [0.1, 0.15) is 0 Å². The summed E-state index contributed by atoms with van der Waals surface area (Å²) in [5.41, 5.74) is 0.266. The lowest BCUT2D eigenvalue weighted by molar-refractivity contribution is -0.390. The number of nitrogens with zero attached hydrogens (tertiary/aromatic N) is 1. The average Bonchev–Trinajstić information content (AvgIpc) is 2.23. The molecule has 1 heterocycles. The van der Waals surface area contributed by atoms with E-state index >= 15 is 0 Å². The highest BCUT2D eigenvalue weighted by atomic mass is 33.1. The lowest BCUT2D eigenvalue weighted by Gasteiger charge is -1.90. The predicted octanol–water partition coefficient (Wildman–Crippen LogP) is 2.71. The van der Waals surface area contributed by atoms with Gasteiger partial charge in [0.2, 0.25) is 0 Å². The van der Waals surface area contributed by atoms with E-state index in [1.807, 2.05) is 6.07 Å². The van der Waals surface area contributed by atoms with Crippen molar-refractivity contribution in [2.45, 2.75) is 9.79 Å². The molecule has 1 aliphatic rings. The number of hydrogen-bond acceptors (Lipinski definition) is 4. The molecule has 0 fully saturated rings. The van der Waals surface area contributed by atoms with Gasteiger partial charge in [0.05, 0.1) is 14.7 Å². The first-order chi connectivity index (χ1) is 5.29. The smallest absolute Gasteiger partial charge is 0.258 e. The van der Waals surface area contributed by atoms with E-state index in [2.05, 4.69) is 0 Å². The van der Waals surface area contributed by atoms with Gasteiger partial charge in [-0.3, -0.25) is 10.1 Å². The van der Waals surface area contributed by atoms with Crippen LogP contribution in [0.5, 0.6) is 0 Å². The molecular formula is C6H3NO2S2. The Kier molecular flexibility index (Phi) is 1.54. The first-order valence-electron chi connectivity index (χ1n) is 2.91. The first-order valence-corrected chi connectivity index (χ1v) is 5.06. The van der Waals surface area contributed by atoms with Crippen molar-refractivity contribution in [3.8, 4) is 0 Å². The highest BCUT2D eigenvalue weighted by molar-refractivity contribution is 8.77. The van der Waals surface area contributed by atoms with Crippen molar-refractivity contribution in [1.82, 2.24) is 0 Å². The maximum absolute atomic E-state index is 10.5. The molecule has 0 N–H and O–H groups in total. The van der Waals surface area contributed by atoms with E-state index in [1.54, 1.807) is 12.1 Å². The van der Waals surface area contributed by atoms with Gasteiger partial charge in [0.25, 0.3) is 5.69 Å². The van der Waals surface area contributed by atoms with Crippen LogP contribution >= 0.6 is 21.6 Å². The fourth-order valence-corrected chi connectivity index (χ4v) is 3.29. The van der Waals surface area contributed by atoms with Crippen LogP contribution in [0.2, 0.25) is 0 Å². The number of rotatable bonds is 1. The summed E-state index contributed by atoms with van der Waals surface area (Å²) in [4.78, 5) is 11.7. The Hall–Kier alpha value is -0.680. The summed E-state index contributed by atoms with van der Waals surface area (Å²) in [7, 11) is 2.90. The molecule has 0 spiro atoms. The summed E-state index contributed by atoms with van der Waals surface area (Å²) in [6.45, 7) is 0. The third kappa shape index (κ3) is 1.00. The molecule has 3 nitrogen and oxygen atoms in total. The Morgan fingerprint density at radius 1 is 1.27 bits per heavy atom. The van der Waals surface area contributed by atoms with Crippen molar-refractivity contribution in [2.75, 3.05) is 0 Å². The highest BCUT2D eigenvalue weighted by Crippen LogP contribution is 2.53. The van der Waals surface area contributed by atoms with Gasteiger partial charge in [0.15, 0.2) is 0 Å². The van der Waals surface area contributed by atoms with Gasteiger partial charge in [0, 0.05) is 0 Å². The van der Waals surface area contributed by atoms with Crippen LogP contribution in [0.25, 0.3) is 0 Å². The van der Waals surface area contributed by atoms with Crippen LogP contribution in [0.15, 0.2) is 28.0 Å². The number of para-hydroxylation sites is 1. The largest absolute Gasteiger partial charge is 0.298 e. The topological polar surface area (TPSA) is 43.1 Å².